The van der Waals surface area contributed by atoms with Gasteiger partial charge in [0.25, 0.3) is 0 Å². The molecule has 2 heterocycles. The first-order chi connectivity index (χ1) is 13.2. The molecule has 0 bridgehead atoms. The van der Waals surface area contributed by atoms with Crippen LogP contribution in [0.5, 0.6) is 0 Å². The van der Waals surface area contributed by atoms with Gasteiger partial charge in [0, 0.05) is 42.1 Å². The first-order valence-corrected chi connectivity index (χ1v) is 10.1. The van der Waals surface area contributed by atoms with Crippen LogP contribution in [0.25, 0.3) is 0 Å². The minimum atomic E-state index is -0.209. The van der Waals surface area contributed by atoms with Crippen LogP contribution >= 0.6 is 15.9 Å². The zero-order chi connectivity index (χ0) is 19.1. The van der Waals surface area contributed by atoms with E-state index in [9.17, 15) is 5.11 Å². The van der Waals surface area contributed by atoms with Gasteiger partial charge in [-0.15, -0.1) is 0 Å². The molecule has 3 rings (SSSR count). The quantitative estimate of drug-likeness (QED) is 0.693. The summed E-state index contributed by atoms with van der Waals surface area (Å²) in [6.45, 7) is 2.78. The van der Waals surface area contributed by atoms with E-state index in [4.69, 9.17) is 9.47 Å². The van der Waals surface area contributed by atoms with Gasteiger partial charge in [-0.2, -0.15) is 0 Å². The summed E-state index contributed by atoms with van der Waals surface area (Å²) in [6.07, 6.45) is 6.91. The molecule has 1 saturated heterocycles. The fraction of sp³-hybridized carbons (Fsp3) is 0.476. The summed E-state index contributed by atoms with van der Waals surface area (Å²) >= 11 is 3.43. The smallest absolute Gasteiger partial charge is 0.158 e. The van der Waals surface area contributed by atoms with Crippen molar-refractivity contribution in [2.24, 2.45) is 0 Å². The van der Waals surface area contributed by atoms with Crippen molar-refractivity contribution in [1.29, 1.82) is 0 Å². The van der Waals surface area contributed by atoms with E-state index in [1.807, 2.05) is 42.0 Å². The number of halogens is 1. The van der Waals surface area contributed by atoms with Crippen LogP contribution < -0.4 is 0 Å². The topological polar surface area (TPSA) is 56.5 Å². The third-order valence-electron chi connectivity index (χ3n) is 4.52. The standard InChI is InChI=1S/C21H25BrN2O3/c1-16(27-20-4-2-3-15-26-20)21-23-12-13-24(21)19(11-14-25)10-7-17-5-8-18(22)9-6-17/h5-6,8-9,12-13,16,19-20,25H,2-4,11,14-15H2,1H3. The van der Waals surface area contributed by atoms with E-state index in [2.05, 4.69) is 32.8 Å². The predicted octanol–water partition coefficient (Wildman–Crippen LogP) is 4.23. The molecular formula is C21H25BrN2O3. The van der Waals surface area contributed by atoms with E-state index in [-0.39, 0.29) is 25.0 Å². The lowest BCUT2D eigenvalue weighted by atomic mass is 10.1. The molecule has 1 aromatic carbocycles. The molecule has 0 aliphatic carbocycles. The highest BCUT2D eigenvalue weighted by molar-refractivity contribution is 9.10. The van der Waals surface area contributed by atoms with Crippen LogP contribution in [-0.4, -0.2) is 34.2 Å². The zero-order valence-corrected chi connectivity index (χ0v) is 17.1. The maximum atomic E-state index is 9.50. The molecule has 144 valence electrons. The van der Waals surface area contributed by atoms with Crippen molar-refractivity contribution in [3.05, 3.63) is 52.5 Å². The van der Waals surface area contributed by atoms with Gasteiger partial charge in [-0.05, 0) is 50.5 Å². The Hall–Kier alpha value is -1.65. The summed E-state index contributed by atoms with van der Waals surface area (Å²) in [5, 5.41) is 9.50. The van der Waals surface area contributed by atoms with E-state index in [1.165, 1.54) is 0 Å². The molecule has 2 aromatic rings. The van der Waals surface area contributed by atoms with Crippen LogP contribution in [0.1, 0.15) is 56.1 Å². The molecule has 27 heavy (non-hydrogen) atoms. The first kappa shape index (κ1) is 20.1. The number of aromatic nitrogens is 2. The van der Waals surface area contributed by atoms with Crippen molar-refractivity contribution in [1.82, 2.24) is 9.55 Å². The number of benzene rings is 1. The molecule has 0 radical (unpaired) electrons. The van der Waals surface area contributed by atoms with E-state index >= 15 is 0 Å². The SMILES string of the molecule is CC(OC1CCCCO1)c1nccn1C(C#Cc1ccc(Br)cc1)CCO. The minimum absolute atomic E-state index is 0.0538. The van der Waals surface area contributed by atoms with Crippen molar-refractivity contribution in [2.75, 3.05) is 13.2 Å². The maximum Gasteiger partial charge on any atom is 0.158 e. The molecule has 1 fully saturated rings. The molecule has 0 saturated carbocycles. The molecular weight excluding hydrogens is 408 g/mol. The molecule has 1 aliphatic rings. The van der Waals surface area contributed by atoms with Crippen LogP contribution in [0.3, 0.4) is 0 Å². The summed E-state index contributed by atoms with van der Waals surface area (Å²) in [5.74, 6) is 7.26. The summed E-state index contributed by atoms with van der Waals surface area (Å²) in [7, 11) is 0. The van der Waals surface area contributed by atoms with Crippen LogP contribution in [0, 0.1) is 11.8 Å². The fourth-order valence-electron chi connectivity index (χ4n) is 3.11. The molecule has 6 heteroatoms. The second kappa shape index (κ2) is 10.0. The van der Waals surface area contributed by atoms with Gasteiger partial charge < -0.3 is 19.1 Å². The molecule has 1 aromatic heterocycles. The lowest BCUT2D eigenvalue weighted by Gasteiger charge is -2.26. The monoisotopic (exact) mass is 432 g/mol. The molecule has 1 aliphatic heterocycles. The highest BCUT2D eigenvalue weighted by Crippen LogP contribution is 2.25. The van der Waals surface area contributed by atoms with Gasteiger partial charge in [0.1, 0.15) is 11.9 Å². The Kier molecular flexibility index (Phi) is 7.48. The Bertz CT molecular complexity index is 773. The normalized spacial score (nSPS) is 19.1. The van der Waals surface area contributed by atoms with Gasteiger partial charge in [-0.1, -0.05) is 27.8 Å². The van der Waals surface area contributed by atoms with E-state index in [0.29, 0.717) is 6.42 Å². The highest BCUT2D eigenvalue weighted by Gasteiger charge is 2.22. The Morgan fingerprint density at radius 1 is 1.37 bits per heavy atom. The summed E-state index contributed by atoms with van der Waals surface area (Å²) < 4.78 is 14.8. The van der Waals surface area contributed by atoms with Crippen LogP contribution in [-0.2, 0) is 9.47 Å². The zero-order valence-electron chi connectivity index (χ0n) is 15.5. The highest BCUT2D eigenvalue weighted by atomic mass is 79.9. The number of aliphatic hydroxyl groups is 1. The van der Waals surface area contributed by atoms with E-state index in [1.54, 1.807) is 6.20 Å². The van der Waals surface area contributed by atoms with Crippen molar-refractivity contribution in [3.63, 3.8) is 0 Å². The summed E-state index contributed by atoms with van der Waals surface area (Å²) in [5.41, 5.74) is 0.933. The first-order valence-electron chi connectivity index (χ1n) is 9.35. The molecule has 5 nitrogen and oxygen atoms in total. The Morgan fingerprint density at radius 3 is 2.89 bits per heavy atom. The van der Waals surface area contributed by atoms with Gasteiger partial charge in [0.2, 0.25) is 0 Å². The van der Waals surface area contributed by atoms with Crippen molar-refractivity contribution >= 4 is 15.9 Å². The molecule has 3 atom stereocenters. The number of imidazole rings is 1. The number of nitrogens with zero attached hydrogens (tertiary/aromatic N) is 2. The molecule has 0 spiro atoms. The van der Waals surface area contributed by atoms with Crippen LogP contribution in [0.15, 0.2) is 41.1 Å². The lowest BCUT2D eigenvalue weighted by molar-refractivity contribution is -0.188. The Morgan fingerprint density at radius 2 is 2.19 bits per heavy atom. The lowest BCUT2D eigenvalue weighted by Crippen LogP contribution is -2.25. The molecule has 1 N–H and O–H groups in total. The van der Waals surface area contributed by atoms with Gasteiger partial charge in [0.15, 0.2) is 6.29 Å². The van der Waals surface area contributed by atoms with Crippen LogP contribution in [0.4, 0.5) is 0 Å². The van der Waals surface area contributed by atoms with Crippen molar-refractivity contribution in [3.8, 4) is 11.8 Å². The number of aliphatic hydroxyl groups excluding tert-OH is 1. The average Bonchev–Trinajstić information content (AvgIpc) is 3.17. The van der Waals surface area contributed by atoms with E-state index in [0.717, 1.165) is 41.7 Å². The number of ether oxygens (including phenoxy) is 2. The second-order valence-electron chi connectivity index (χ2n) is 6.57. The molecule has 3 unspecified atom stereocenters. The maximum absolute atomic E-state index is 9.50. The van der Waals surface area contributed by atoms with Crippen LogP contribution in [0.2, 0.25) is 0 Å². The summed E-state index contributed by atoms with van der Waals surface area (Å²) in [4.78, 5) is 4.48. The number of rotatable bonds is 6. The van der Waals surface area contributed by atoms with Gasteiger partial charge in [0.05, 0.1) is 6.04 Å². The third kappa shape index (κ3) is 5.66. The van der Waals surface area contributed by atoms with Crippen molar-refractivity contribution < 1.29 is 14.6 Å². The number of hydrogen-bond acceptors (Lipinski definition) is 4. The van der Waals surface area contributed by atoms with E-state index < -0.39 is 0 Å². The average molecular weight is 433 g/mol. The minimum Gasteiger partial charge on any atom is -0.396 e. The van der Waals surface area contributed by atoms with Gasteiger partial charge >= 0.3 is 0 Å². The number of hydrogen-bond donors (Lipinski definition) is 1. The predicted molar refractivity (Wildman–Crippen MR) is 107 cm³/mol. The Balaban J connectivity index is 1.76. The van der Waals surface area contributed by atoms with Crippen molar-refractivity contribution in [2.45, 2.75) is 51.0 Å². The van der Waals surface area contributed by atoms with Gasteiger partial charge in [-0.3, -0.25) is 0 Å². The Labute approximate surface area is 168 Å². The molecule has 0 amide bonds. The third-order valence-corrected chi connectivity index (χ3v) is 5.05. The van der Waals surface area contributed by atoms with Gasteiger partial charge in [-0.25, -0.2) is 4.98 Å². The largest absolute Gasteiger partial charge is 0.396 e. The summed E-state index contributed by atoms with van der Waals surface area (Å²) in [6, 6.07) is 7.69. The second-order valence-corrected chi connectivity index (χ2v) is 7.49. The fourth-order valence-corrected chi connectivity index (χ4v) is 3.38.